The summed E-state index contributed by atoms with van der Waals surface area (Å²) in [5.74, 6) is 1.12. The molecule has 0 fully saturated rings. The molecule has 2 N–H and O–H groups in total. The van der Waals surface area contributed by atoms with E-state index >= 15 is 0 Å². The summed E-state index contributed by atoms with van der Waals surface area (Å²) < 4.78 is 21.8. The van der Waals surface area contributed by atoms with Crippen molar-refractivity contribution in [2.24, 2.45) is 0 Å². The molecule has 33 heavy (non-hydrogen) atoms. The van der Waals surface area contributed by atoms with Crippen LogP contribution in [0.2, 0.25) is 0 Å². The first-order valence-corrected chi connectivity index (χ1v) is 10.3. The van der Waals surface area contributed by atoms with Gasteiger partial charge >= 0.3 is 0 Å². The van der Waals surface area contributed by atoms with E-state index < -0.39 is 5.91 Å². The van der Waals surface area contributed by atoms with Crippen LogP contribution >= 0.6 is 12.2 Å². The fourth-order valence-electron chi connectivity index (χ4n) is 3.31. The molecule has 0 atom stereocenters. The maximum atomic E-state index is 12.8. The van der Waals surface area contributed by atoms with Gasteiger partial charge in [0.1, 0.15) is 5.52 Å². The molecule has 0 radical (unpaired) electrons. The molecule has 0 aliphatic heterocycles. The molecule has 0 unspecified atom stereocenters. The first kappa shape index (κ1) is 22.1. The average Bonchev–Trinajstić information content (AvgIpc) is 3.27. The van der Waals surface area contributed by atoms with Crippen molar-refractivity contribution < 1.29 is 23.4 Å². The molecule has 0 spiro atoms. The smallest absolute Gasteiger partial charge is 0.257 e. The highest BCUT2D eigenvalue weighted by Gasteiger charge is 2.18. The molecular weight excluding hydrogens is 442 g/mol. The number of methoxy groups -OCH3 is 3. The Hall–Kier alpha value is -4.11. The SMILES string of the molecule is COc1cc(C(=O)NC(=S)Nc2ccccc2-c2nc3ccccc3o2)cc(OC)c1OC. The Morgan fingerprint density at radius 1 is 0.939 bits per heavy atom. The molecule has 3 aromatic carbocycles. The number of fused-ring (bicyclic) bond motifs is 1. The molecule has 8 nitrogen and oxygen atoms in total. The van der Waals surface area contributed by atoms with Gasteiger partial charge in [-0.15, -0.1) is 0 Å². The van der Waals surface area contributed by atoms with Crippen molar-refractivity contribution in [1.82, 2.24) is 10.3 Å². The van der Waals surface area contributed by atoms with Crippen LogP contribution in [0.3, 0.4) is 0 Å². The summed E-state index contributed by atoms with van der Waals surface area (Å²) in [6, 6.07) is 18.0. The van der Waals surface area contributed by atoms with Gasteiger partial charge in [0, 0.05) is 5.56 Å². The molecule has 0 saturated heterocycles. The zero-order valence-corrected chi connectivity index (χ0v) is 19.0. The number of hydrogen-bond acceptors (Lipinski definition) is 7. The number of para-hydroxylation sites is 3. The Morgan fingerprint density at radius 2 is 1.61 bits per heavy atom. The Balaban J connectivity index is 1.55. The molecule has 1 aromatic heterocycles. The number of aromatic nitrogens is 1. The van der Waals surface area contributed by atoms with Gasteiger partial charge in [-0.05, 0) is 48.6 Å². The third kappa shape index (κ3) is 4.58. The predicted molar refractivity (Wildman–Crippen MR) is 129 cm³/mol. The van der Waals surface area contributed by atoms with Gasteiger partial charge in [-0.1, -0.05) is 24.3 Å². The normalized spacial score (nSPS) is 10.5. The monoisotopic (exact) mass is 463 g/mol. The lowest BCUT2D eigenvalue weighted by Gasteiger charge is -2.15. The highest BCUT2D eigenvalue weighted by atomic mass is 32.1. The number of anilines is 1. The lowest BCUT2D eigenvalue weighted by molar-refractivity contribution is 0.0977. The van der Waals surface area contributed by atoms with Crippen LogP contribution in [0.5, 0.6) is 17.2 Å². The number of thiocarbonyl (C=S) groups is 1. The van der Waals surface area contributed by atoms with Crippen LogP contribution in [0.15, 0.2) is 65.1 Å². The second kappa shape index (κ2) is 9.58. The fourth-order valence-corrected chi connectivity index (χ4v) is 3.51. The minimum Gasteiger partial charge on any atom is -0.493 e. The van der Waals surface area contributed by atoms with Gasteiger partial charge in [0.15, 0.2) is 22.2 Å². The molecule has 0 saturated carbocycles. The third-order valence-corrected chi connectivity index (χ3v) is 5.06. The highest BCUT2D eigenvalue weighted by Crippen LogP contribution is 2.38. The van der Waals surface area contributed by atoms with Crippen molar-refractivity contribution in [3.8, 4) is 28.7 Å². The third-order valence-electron chi connectivity index (χ3n) is 4.85. The minimum atomic E-state index is -0.439. The number of oxazole rings is 1. The number of nitrogens with zero attached hydrogens (tertiary/aromatic N) is 1. The topological polar surface area (TPSA) is 94.9 Å². The van der Waals surface area contributed by atoms with E-state index in [2.05, 4.69) is 15.6 Å². The fraction of sp³-hybridized carbons (Fsp3) is 0.125. The molecule has 0 aliphatic rings. The Bertz CT molecular complexity index is 1280. The minimum absolute atomic E-state index is 0.109. The summed E-state index contributed by atoms with van der Waals surface area (Å²) in [6.07, 6.45) is 0. The molecule has 4 rings (SSSR count). The van der Waals surface area contributed by atoms with Crippen LogP contribution in [-0.2, 0) is 0 Å². The quantitative estimate of drug-likeness (QED) is 0.399. The van der Waals surface area contributed by atoms with Crippen LogP contribution in [0.4, 0.5) is 5.69 Å². The molecule has 1 heterocycles. The lowest BCUT2D eigenvalue weighted by Crippen LogP contribution is -2.34. The maximum absolute atomic E-state index is 12.8. The number of rotatable bonds is 6. The summed E-state index contributed by atoms with van der Waals surface area (Å²) >= 11 is 5.38. The largest absolute Gasteiger partial charge is 0.493 e. The van der Waals surface area contributed by atoms with Crippen molar-refractivity contribution >= 4 is 40.0 Å². The second-order valence-electron chi connectivity index (χ2n) is 6.85. The summed E-state index contributed by atoms with van der Waals surface area (Å²) in [5, 5.41) is 5.82. The average molecular weight is 464 g/mol. The number of carbonyl (C=O) groups is 1. The Morgan fingerprint density at radius 3 is 2.27 bits per heavy atom. The van der Waals surface area contributed by atoms with Gasteiger partial charge < -0.3 is 23.9 Å². The van der Waals surface area contributed by atoms with Crippen LogP contribution < -0.4 is 24.8 Å². The maximum Gasteiger partial charge on any atom is 0.257 e. The molecule has 0 bridgehead atoms. The van der Waals surface area contributed by atoms with E-state index in [0.717, 1.165) is 5.52 Å². The predicted octanol–water partition coefficient (Wildman–Crippen LogP) is 4.65. The van der Waals surface area contributed by atoms with Crippen molar-refractivity contribution in [3.05, 3.63) is 66.2 Å². The van der Waals surface area contributed by atoms with Gasteiger partial charge in [-0.2, -0.15) is 0 Å². The zero-order valence-electron chi connectivity index (χ0n) is 18.2. The van der Waals surface area contributed by atoms with E-state index in [9.17, 15) is 4.79 Å². The van der Waals surface area contributed by atoms with Crippen molar-refractivity contribution in [2.45, 2.75) is 0 Å². The summed E-state index contributed by atoms with van der Waals surface area (Å²) in [5.41, 5.74) is 3.07. The van der Waals surface area contributed by atoms with Gasteiger partial charge in [-0.3, -0.25) is 10.1 Å². The lowest BCUT2D eigenvalue weighted by atomic mass is 10.1. The van der Waals surface area contributed by atoms with Crippen LogP contribution in [0, 0.1) is 0 Å². The number of hydrogen-bond donors (Lipinski definition) is 2. The molecule has 0 aliphatic carbocycles. The van der Waals surface area contributed by atoms with E-state index in [-0.39, 0.29) is 5.11 Å². The Kier molecular flexibility index (Phi) is 6.41. The number of benzene rings is 3. The van der Waals surface area contributed by atoms with E-state index in [0.29, 0.717) is 45.5 Å². The molecule has 1 amide bonds. The number of carbonyl (C=O) groups excluding carboxylic acids is 1. The Labute approximate surface area is 195 Å². The standard InChI is InChI=1S/C24H21N3O5S/c1-29-19-12-14(13-20(30-2)21(19)31-3)22(28)27-24(33)26-16-9-5-4-8-15(16)23-25-17-10-6-7-11-18(17)32-23/h4-13H,1-3H3,(H2,26,27,28,33). The zero-order chi connectivity index (χ0) is 23.4. The van der Waals surface area contributed by atoms with Crippen molar-refractivity contribution in [3.63, 3.8) is 0 Å². The van der Waals surface area contributed by atoms with Gasteiger partial charge in [0.05, 0.1) is 32.6 Å². The van der Waals surface area contributed by atoms with Gasteiger partial charge in [-0.25, -0.2) is 4.98 Å². The number of nitrogens with one attached hydrogen (secondary N) is 2. The van der Waals surface area contributed by atoms with E-state index in [4.69, 9.17) is 30.8 Å². The summed E-state index contributed by atoms with van der Waals surface area (Å²) in [4.78, 5) is 17.4. The van der Waals surface area contributed by atoms with Crippen LogP contribution in [0.1, 0.15) is 10.4 Å². The molecule has 168 valence electrons. The summed E-state index contributed by atoms with van der Waals surface area (Å²) in [6.45, 7) is 0. The highest BCUT2D eigenvalue weighted by molar-refractivity contribution is 7.80. The number of ether oxygens (including phenoxy) is 3. The van der Waals surface area contributed by atoms with Crippen molar-refractivity contribution in [1.29, 1.82) is 0 Å². The summed E-state index contributed by atoms with van der Waals surface area (Å²) in [7, 11) is 4.45. The number of amides is 1. The van der Waals surface area contributed by atoms with E-state index in [1.807, 2.05) is 48.5 Å². The van der Waals surface area contributed by atoms with E-state index in [1.165, 1.54) is 21.3 Å². The molecule has 4 aromatic rings. The first-order valence-electron chi connectivity index (χ1n) is 9.91. The van der Waals surface area contributed by atoms with E-state index in [1.54, 1.807) is 12.1 Å². The molecule has 9 heteroatoms. The second-order valence-corrected chi connectivity index (χ2v) is 7.26. The molecular formula is C24H21N3O5S. The van der Waals surface area contributed by atoms with Gasteiger partial charge in [0.2, 0.25) is 11.6 Å². The van der Waals surface area contributed by atoms with Crippen molar-refractivity contribution in [2.75, 3.05) is 26.6 Å². The van der Waals surface area contributed by atoms with Gasteiger partial charge in [0.25, 0.3) is 5.91 Å². The first-order chi connectivity index (χ1) is 16.0. The van der Waals surface area contributed by atoms with Crippen LogP contribution in [-0.4, -0.2) is 37.3 Å². The van der Waals surface area contributed by atoms with Crippen LogP contribution in [0.25, 0.3) is 22.6 Å².